The van der Waals surface area contributed by atoms with E-state index >= 15 is 0 Å². The molecule has 0 bridgehead atoms. The standard InChI is InChI=1S/C21H14ClF3N2O4/c1-20(2)30-18(28)14(19(29)31-20)7-11-10-27(16-6-4-3-5-13(11)16)17-15(22)8-12(9-26-17)21(23,24)25/h3-10H,1-2H3. The van der Waals surface area contributed by atoms with Gasteiger partial charge in [-0.2, -0.15) is 13.2 Å². The van der Waals surface area contributed by atoms with Gasteiger partial charge in [0.1, 0.15) is 5.57 Å². The predicted molar refractivity (Wildman–Crippen MR) is 105 cm³/mol. The highest BCUT2D eigenvalue weighted by Gasteiger charge is 2.39. The lowest BCUT2D eigenvalue weighted by Crippen LogP contribution is -2.41. The van der Waals surface area contributed by atoms with Gasteiger partial charge in [-0.15, -0.1) is 0 Å². The van der Waals surface area contributed by atoms with Crippen molar-refractivity contribution >= 4 is 40.5 Å². The smallest absolute Gasteiger partial charge is 0.417 e. The zero-order valence-corrected chi connectivity index (χ0v) is 16.9. The van der Waals surface area contributed by atoms with E-state index in [1.165, 1.54) is 30.7 Å². The zero-order chi connectivity index (χ0) is 22.6. The van der Waals surface area contributed by atoms with Crippen molar-refractivity contribution in [3.8, 4) is 5.82 Å². The SMILES string of the molecule is CC1(C)OC(=O)C(=Cc2cn(-c3ncc(C(F)(F)F)cc3Cl)c3ccccc23)C(=O)O1. The van der Waals surface area contributed by atoms with Crippen LogP contribution in [0.25, 0.3) is 22.8 Å². The van der Waals surface area contributed by atoms with Crippen LogP contribution in [0.5, 0.6) is 0 Å². The number of nitrogens with zero attached hydrogens (tertiary/aromatic N) is 2. The molecule has 31 heavy (non-hydrogen) atoms. The molecular formula is C21H14ClF3N2O4. The van der Waals surface area contributed by atoms with Gasteiger partial charge < -0.3 is 9.47 Å². The van der Waals surface area contributed by atoms with E-state index in [-0.39, 0.29) is 16.4 Å². The first-order valence-corrected chi connectivity index (χ1v) is 9.36. The molecule has 0 saturated carbocycles. The number of cyclic esters (lactones) is 2. The fourth-order valence-electron chi connectivity index (χ4n) is 3.19. The van der Waals surface area contributed by atoms with Crippen LogP contribution in [0.3, 0.4) is 0 Å². The number of alkyl halides is 3. The summed E-state index contributed by atoms with van der Waals surface area (Å²) in [6.45, 7) is 2.87. The van der Waals surface area contributed by atoms with Crippen LogP contribution in [0, 0.1) is 0 Å². The third-order valence-electron chi connectivity index (χ3n) is 4.54. The lowest BCUT2D eigenvalue weighted by Gasteiger charge is -2.29. The molecule has 0 N–H and O–H groups in total. The van der Waals surface area contributed by atoms with Crippen molar-refractivity contribution in [1.29, 1.82) is 0 Å². The van der Waals surface area contributed by atoms with Crippen molar-refractivity contribution < 1.29 is 32.2 Å². The summed E-state index contributed by atoms with van der Waals surface area (Å²) >= 11 is 6.10. The van der Waals surface area contributed by atoms with Crippen molar-refractivity contribution in [2.24, 2.45) is 0 Å². The van der Waals surface area contributed by atoms with Crippen LogP contribution in [-0.2, 0) is 25.2 Å². The number of para-hydroxylation sites is 1. The van der Waals surface area contributed by atoms with E-state index < -0.39 is 29.5 Å². The highest BCUT2D eigenvalue weighted by Crippen LogP contribution is 2.34. The third kappa shape index (κ3) is 3.88. The van der Waals surface area contributed by atoms with Gasteiger partial charge in [0.05, 0.1) is 16.1 Å². The molecule has 2 aromatic heterocycles. The van der Waals surface area contributed by atoms with Crippen LogP contribution < -0.4 is 0 Å². The maximum Gasteiger partial charge on any atom is 0.417 e. The second kappa shape index (κ2) is 7.12. The number of carbonyl (C=O) groups is 2. The van der Waals surface area contributed by atoms with Crippen molar-refractivity contribution in [3.63, 3.8) is 0 Å². The van der Waals surface area contributed by atoms with E-state index in [1.54, 1.807) is 24.3 Å². The Morgan fingerprint density at radius 1 is 1.13 bits per heavy atom. The van der Waals surface area contributed by atoms with E-state index in [0.29, 0.717) is 22.7 Å². The average molecular weight is 451 g/mol. The van der Waals surface area contributed by atoms with Gasteiger partial charge >= 0.3 is 18.1 Å². The summed E-state index contributed by atoms with van der Waals surface area (Å²) in [5, 5.41) is 0.395. The van der Waals surface area contributed by atoms with Crippen LogP contribution >= 0.6 is 11.6 Å². The van der Waals surface area contributed by atoms with Gasteiger partial charge in [-0.25, -0.2) is 14.6 Å². The van der Waals surface area contributed by atoms with E-state index in [9.17, 15) is 22.8 Å². The minimum Gasteiger partial charge on any atom is -0.419 e. The fraction of sp³-hybridized carbons (Fsp3) is 0.190. The molecule has 1 aromatic carbocycles. The maximum atomic E-state index is 12.9. The Balaban J connectivity index is 1.85. The predicted octanol–water partition coefficient (Wildman–Crippen LogP) is 4.92. The number of hydrogen-bond donors (Lipinski definition) is 0. The minimum atomic E-state index is -4.58. The topological polar surface area (TPSA) is 70.4 Å². The second-order valence-electron chi connectivity index (χ2n) is 7.24. The second-order valence-corrected chi connectivity index (χ2v) is 7.64. The first kappa shape index (κ1) is 20.9. The van der Waals surface area contributed by atoms with Crippen molar-refractivity contribution in [2.75, 3.05) is 0 Å². The van der Waals surface area contributed by atoms with Gasteiger partial charge in [-0.1, -0.05) is 29.8 Å². The number of benzene rings is 1. The Kier molecular flexibility index (Phi) is 4.81. The Morgan fingerprint density at radius 2 is 1.77 bits per heavy atom. The van der Waals surface area contributed by atoms with Gasteiger partial charge in [0.15, 0.2) is 5.82 Å². The molecule has 0 amide bonds. The molecule has 1 aliphatic heterocycles. The number of hydrogen-bond acceptors (Lipinski definition) is 5. The summed E-state index contributed by atoms with van der Waals surface area (Å²) < 4.78 is 50.5. The molecule has 1 aliphatic rings. The highest BCUT2D eigenvalue weighted by atomic mass is 35.5. The Hall–Kier alpha value is -3.33. The maximum absolute atomic E-state index is 12.9. The molecule has 0 spiro atoms. The summed E-state index contributed by atoms with van der Waals surface area (Å²) in [6.07, 6.45) is -1.08. The molecule has 10 heteroatoms. The summed E-state index contributed by atoms with van der Waals surface area (Å²) in [4.78, 5) is 28.5. The van der Waals surface area contributed by atoms with E-state index in [4.69, 9.17) is 21.1 Å². The molecule has 3 aromatic rings. The number of pyridine rings is 1. The summed E-state index contributed by atoms with van der Waals surface area (Å²) in [5.41, 5.74) is -0.303. The summed E-state index contributed by atoms with van der Waals surface area (Å²) in [7, 11) is 0. The quantitative estimate of drug-likeness (QED) is 0.315. The van der Waals surface area contributed by atoms with E-state index in [0.717, 1.165) is 6.07 Å². The molecule has 4 rings (SSSR count). The van der Waals surface area contributed by atoms with Crippen molar-refractivity contribution in [3.05, 3.63) is 64.4 Å². The Bertz CT molecular complexity index is 1240. The average Bonchev–Trinajstić information content (AvgIpc) is 3.01. The van der Waals surface area contributed by atoms with Gasteiger partial charge in [0, 0.05) is 37.2 Å². The van der Waals surface area contributed by atoms with Crippen molar-refractivity contribution in [2.45, 2.75) is 25.8 Å². The van der Waals surface area contributed by atoms with Crippen LogP contribution in [0.2, 0.25) is 5.02 Å². The fourth-order valence-corrected chi connectivity index (χ4v) is 3.45. The van der Waals surface area contributed by atoms with Crippen LogP contribution in [0.15, 0.2) is 48.3 Å². The first-order valence-electron chi connectivity index (χ1n) is 8.98. The largest absolute Gasteiger partial charge is 0.419 e. The molecule has 6 nitrogen and oxygen atoms in total. The number of rotatable bonds is 2. The zero-order valence-electron chi connectivity index (χ0n) is 16.2. The third-order valence-corrected chi connectivity index (χ3v) is 4.81. The van der Waals surface area contributed by atoms with Crippen molar-refractivity contribution in [1.82, 2.24) is 9.55 Å². The normalized spacial score (nSPS) is 16.3. The number of ether oxygens (including phenoxy) is 2. The van der Waals surface area contributed by atoms with E-state index in [1.807, 2.05) is 0 Å². The molecule has 0 unspecified atom stereocenters. The Labute approximate surface area is 178 Å². The number of carbonyl (C=O) groups excluding carboxylic acids is 2. The monoisotopic (exact) mass is 450 g/mol. The van der Waals surface area contributed by atoms with Gasteiger partial charge in [-0.05, 0) is 18.2 Å². The lowest BCUT2D eigenvalue weighted by molar-refractivity contribution is -0.222. The highest BCUT2D eigenvalue weighted by molar-refractivity contribution is 6.32. The molecule has 3 heterocycles. The minimum absolute atomic E-state index is 0.0606. The van der Waals surface area contributed by atoms with Crippen LogP contribution in [-0.4, -0.2) is 27.3 Å². The summed E-state index contributed by atoms with van der Waals surface area (Å²) in [6, 6.07) is 7.67. The molecular weight excluding hydrogens is 437 g/mol. The molecule has 160 valence electrons. The number of fused-ring (bicyclic) bond motifs is 1. The van der Waals surface area contributed by atoms with Crippen LogP contribution in [0.1, 0.15) is 25.0 Å². The molecule has 1 fully saturated rings. The molecule has 0 radical (unpaired) electrons. The Morgan fingerprint density at radius 3 is 2.39 bits per heavy atom. The van der Waals surface area contributed by atoms with Gasteiger partial charge in [-0.3, -0.25) is 4.57 Å². The van der Waals surface area contributed by atoms with Gasteiger partial charge in [0.25, 0.3) is 5.79 Å². The van der Waals surface area contributed by atoms with E-state index in [2.05, 4.69) is 4.98 Å². The molecule has 1 saturated heterocycles. The number of halogens is 4. The molecule has 0 atom stereocenters. The number of aromatic nitrogens is 2. The van der Waals surface area contributed by atoms with Crippen LogP contribution in [0.4, 0.5) is 13.2 Å². The number of esters is 2. The lowest BCUT2D eigenvalue weighted by atomic mass is 10.1. The first-order chi connectivity index (χ1) is 14.5. The summed E-state index contributed by atoms with van der Waals surface area (Å²) in [5.74, 6) is -3.00. The van der Waals surface area contributed by atoms with Gasteiger partial charge in [0.2, 0.25) is 0 Å². The molecule has 0 aliphatic carbocycles.